The predicted octanol–water partition coefficient (Wildman–Crippen LogP) is 3.21. The summed E-state index contributed by atoms with van der Waals surface area (Å²) in [5.74, 6) is 1.74. The maximum Gasteiger partial charge on any atom is 0.252 e. The van der Waals surface area contributed by atoms with Gasteiger partial charge in [-0.25, -0.2) is 0 Å². The summed E-state index contributed by atoms with van der Waals surface area (Å²) in [4.78, 5) is 11.6. The van der Waals surface area contributed by atoms with Crippen LogP contribution in [0.1, 0.15) is 50.4 Å². The van der Waals surface area contributed by atoms with Crippen LogP contribution in [0.5, 0.6) is 5.75 Å². The molecule has 1 aromatic rings. The van der Waals surface area contributed by atoms with Gasteiger partial charge in [0.25, 0.3) is 5.91 Å². The summed E-state index contributed by atoms with van der Waals surface area (Å²) in [5, 5.41) is 0. The van der Waals surface area contributed by atoms with Crippen LogP contribution in [-0.4, -0.2) is 12.0 Å². The van der Waals surface area contributed by atoms with Crippen molar-refractivity contribution in [2.24, 2.45) is 23.5 Å². The van der Waals surface area contributed by atoms with Crippen LogP contribution < -0.4 is 16.2 Å². The molecular weight excluding hydrogens is 264 g/mol. The largest absolute Gasteiger partial charge is 0.489 e. The highest BCUT2D eigenvalue weighted by atomic mass is 16.5. The molecule has 1 aliphatic carbocycles. The molecule has 3 unspecified atom stereocenters. The molecule has 0 spiro atoms. The van der Waals surface area contributed by atoms with Crippen molar-refractivity contribution in [2.45, 2.75) is 46.1 Å². The molecule has 1 aromatic carbocycles. The molecule has 0 bridgehead atoms. The Morgan fingerprint density at radius 1 is 1.33 bits per heavy atom. The first-order chi connectivity index (χ1) is 9.88. The van der Waals surface area contributed by atoms with Gasteiger partial charge in [-0.05, 0) is 42.7 Å². The van der Waals surface area contributed by atoms with Gasteiger partial charge in [0.2, 0.25) is 0 Å². The van der Waals surface area contributed by atoms with E-state index in [-0.39, 0.29) is 6.10 Å². The molecule has 0 aromatic heterocycles. The standard InChI is InChI=1S/C17H26N2O2/c1-10(2)13-6-4-11(3)8-15(13)21-16-9-12(18)5-7-14(16)17(19)20/h5,7,9-11,13,15H,4,6,8,18H2,1-3H3,(H2,19,20). The van der Waals surface area contributed by atoms with E-state index in [4.69, 9.17) is 16.2 Å². The minimum Gasteiger partial charge on any atom is -0.489 e. The molecule has 1 amide bonds. The molecule has 1 aliphatic rings. The van der Waals surface area contributed by atoms with Gasteiger partial charge in [-0.15, -0.1) is 0 Å². The van der Waals surface area contributed by atoms with Crippen molar-refractivity contribution in [3.63, 3.8) is 0 Å². The summed E-state index contributed by atoms with van der Waals surface area (Å²) in [6.45, 7) is 6.71. The smallest absolute Gasteiger partial charge is 0.252 e. The van der Waals surface area contributed by atoms with E-state index in [1.54, 1.807) is 18.2 Å². The van der Waals surface area contributed by atoms with Gasteiger partial charge in [0.15, 0.2) is 0 Å². The Labute approximate surface area is 126 Å². The number of ether oxygens (including phenoxy) is 1. The number of hydrogen-bond acceptors (Lipinski definition) is 3. The molecule has 0 saturated heterocycles. The number of nitrogen functional groups attached to an aromatic ring is 1. The first-order valence-electron chi connectivity index (χ1n) is 7.74. The van der Waals surface area contributed by atoms with Crippen LogP contribution in [0, 0.1) is 17.8 Å². The van der Waals surface area contributed by atoms with Gasteiger partial charge >= 0.3 is 0 Å². The minimum absolute atomic E-state index is 0.119. The lowest BCUT2D eigenvalue weighted by molar-refractivity contribution is 0.0452. The number of carbonyl (C=O) groups is 1. The zero-order valence-electron chi connectivity index (χ0n) is 13.1. The Morgan fingerprint density at radius 2 is 2.05 bits per heavy atom. The first kappa shape index (κ1) is 15.7. The minimum atomic E-state index is -0.477. The van der Waals surface area contributed by atoms with Gasteiger partial charge in [-0.2, -0.15) is 0 Å². The predicted molar refractivity (Wildman–Crippen MR) is 85.1 cm³/mol. The highest BCUT2D eigenvalue weighted by Gasteiger charge is 2.32. The second-order valence-electron chi connectivity index (χ2n) is 6.60. The fourth-order valence-electron chi connectivity index (χ4n) is 3.25. The molecular formula is C17H26N2O2. The molecule has 4 N–H and O–H groups in total. The van der Waals surface area contributed by atoms with Crippen molar-refractivity contribution in [1.29, 1.82) is 0 Å². The van der Waals surface area contributed by atoms with Crippen LogP contribution in [0.2, 0.25) is 0 Å². The maximum absolute atomic E-state index is 11.6. The molecule has 116 valence electrons. The third kappa shape index (κ3) is 3.69. The lowest BCUT2D eigenvalue weighted by atomic mass is 9.75. The lowest BCUT2D eigenvalue weighted by Gasteiger charge is -2.37. The van der Waals surface area contributed by atoms with Crippen LogP contribution in [0.15, 0.2) is 18.2 Å². The van der Waals surface area contributed by atoms with Gasteiger partial charge in [0.05, 0.1) is 5.56 Å². The monoisotopic (exact) mass is 290 g/mol. The van der Waals surface area contributed by atoms with Gasteiger partial charge in [-0.1, -0.05) is 27.2 Å². The maximum atomic E-state index is 11.6. The van der Waals surface area contributed by atoms with E-state index in [9.17, 15) is 4.79 Å². The van der Waals surface area contributed by atoms with E-state index in [0.29, 0.717) is 34.8 Å². The van der Waals surface area contributed by atoms with E-state index < -0.39 is 5.91 Å². The molecule has 1 saturated carbocycles. The highest BCUT2D eigenvalue weighted by molar-refractivity contribution is 5.96. The molecule has 0 radical (unpaired) electrons. The van der Waals surface area contributed by atoms with Crippen molar-refractivity contribution in [2.75, 3.05) is 5.73 Å². The number of primary amides is 1. The van der Waals surface area contributed by atoms with Crippen LogP contribution in [0.4, 0.5) is 5.69 Å². The zero-order valence-corrected chi connectivity index (χ0v) is 13.1. The van der Waals surface area contributed by atoms with Crippen LogP contribution in [0.3, 0.4) is 0 Å². The number of carbonyl (C=O) groups excluding carboxylic acids is 1. The fourth-order valence-corrected chi connectivity index (χ4v) is 3.25. The van der Waals surface area contributed by atoms with Gasteiger partial charge in [0, 0.05) is 11.8 Å². The number of hydrogen-bond donors (Lipinski definition) is 2. The van der Waals surface area contributed by atoms with E-state index >= 15 is 0 Å². The Balaban J connectivity index is 2.26. The summed E-state index contributed by atoms with van der Waals surface area (Å²) in [7, 11) is 0. The lowest BCUT2D eigenvalue weighted by Crippen LogP contribution is -2.36. The molecule has 4 heteroatoms. The van der Waals surface area contributed by atoms with Crippen molar-refractivity contribution in [3.05, 3.63) is 23.8 Å². The molecule has 0 heterocycles. The van der Waals surface area contributed by atoms with Gasteiger partial charge < -0.3 is 16.2 Å². The Hall–Kier alpha value is -1.71. The molecule has 21 heavy (non-hydrogen) atoms. The number of amides is 1. The van der Waals surface area contributed by atoms with E-state index in [0.717, 1.165) is 12.8 Å². The molecule has 3 atom stereocenters. The Morgan fingerprint density at radius 3 is 2.67 bits per heavy atom. The quantitative estimate of drug-likeness (QED) is 0.836. The van der Waals surface area contributed by atoms with Crippen LogP contribution >= 0.6 is 0 Å². The van der Waals surface area contributed by atoms with Crippen molar-refractivity contribution < 1.29 is 9.53 Å². The van der Waals surface area contributed by atoms with Crippen LogP contribution in [0.25, 0.3) is 0 Å². The van der Waals surface area contributed by atoms with Crippen LogP contribution in [-0.2, 0) is 0 Å². The van der Waals surface area contributed by atoms with Gasteiger partial charge in [-0.3, -0.25) is 4.79 Å². The van der Waals surface area contributed by atoms with Crippen molar-refractivity contribution in [3.8, 4) is 5.75 Å². The SMILES string of the molecule is CC1CCC(C(C)C)C(Oc2cc(N)ccc2C(N)=O)C1. The second kappa shape index (κ2) is 6.37. The van der Waals surface area contributed by atoms with E-state index in [1.807, 2.05) is 0 Å². The topological polar surface area (TPSA) is 78.3 Å². The van der Waals surface area contributed by atoms with Gasteiger partial charge in [0.1, 0.15) is 11.9 Å². The van der Waals surface area contributed by atoms with Crippen molar-refractivity contribution >= 4 is 11.6 Å². The molecule has 0 aliphatic heterocycles. The average Bonchev–Trinajstić information content (AvgIpc) is 2.38. The number of rotatable bonds is 4. The summed E-state index contributed by atoms with van der Waals surface area (Å²) < 4.78 is 6.19. The molecule has 1 fully saturated rings. The number of nitrogens with two attached hydrogens (primary N) is 2. The summed E-state index contributed by atoms with van der Waals surface area (Å²) in [6, 6.07) is 5.02. The number of benzene rings is 1. The Bertz CT molecular complexity index is 514. The Kier molecular flexibility index (Phi) is 4.76. The van der Waals surface area contributed by atoms with Crippen molar-refractivity contribution in [1.82, 2.24) is 0 Å². The normalized spacial score (nSPS) is 25.8. The molecule has 4 nitrogen and oxygen atoms in total. The fraction of sp³-hybridized carbons (Fsp3) is 0.588. The third-order valence-corrected chi connectivity index (χ3v) is 4.51. The average molecular weight is 290 g/mol. The number of anilines is 1. The molecule has 2 rings (SSSR count). The van der Waals surface area contributed by atoms with E-state index in [2.05, 4.69) is 20.8 Å². The summed E-state index contributed by atoms with van der Waals surface area (Å²) in [5.41, 5.74) is 12.2. The second-order valence-corrected chi connectivity index (χ2v) is 6.60. The summed E-state index contributed by atoms with van der Waals surface area (Å²) in [6.07, 6.45) is 3.53. The summed E-state index contributed by atoms with van der Waals surface area (Å²) >= 11 is 0. The highest BCUT2D eigenvalue weighted by Crippen LogP contribution is 2.37. The zero-order chi connectivity index (χ0) is 15.6. The third-order valence-electron chi connectivity index (χ3n) is 4.51. The first-order valence-corrected chi connectivity index (χ1v) is 7.74. The van der Waals surface area contributed by atoms with E-state index in [1.165, 1.54) is 6.42 Å².